The van der Waals surface area contributed by atoms with Gasteiger partial charge in [0.25, 0.3) is 0 Å². The van der Waals surface area contributed by atoms with E-state index in [2.05, 4.69) is 74.5 Å². The number of epoxide rings is 1. The summed E-state index contributed by atoms with van der Waals surface area (Å²) in [6.07, 6.45) is 0.253. The van der Waals surface area contributed by atoms with E-state index in [0.717, 1.165) is 23.7 Å². The normalized spacial score (nSPS) is 15.1. The van der Waals surface area contributed by atoms with E-state index in [1.54, 1.807) is 7.11 Å². The Kier molecular flexibility index (Phi) is 5.13. The minimum atomic E-state index is 0.253. The highest BCUT2D eigenvalue weighted by Gasteiger charge is 2.23. The van der Waals surface area contributed by atoms with Crippen LogP contribution < -0.4 is 9.47 Å². The molecule has 1 heterocycles. The summed E-state index contributed by atoms with van der Waals surface area (Å²) in [7, 11) is 1.70. The summed E-state index contributed by atoms with van der Waals surface area (Å²) >= 11 is 0. The third-order valence-electron chi connectivity index (χ3n) is 6.00. The molecule has 1 fully saturated rings. The van der Waals surface area contributed by atoms with E-state index < -0.39 is 0 Å². The van der Waals surface area contributed by atoms with Gasteiger partial charge in [-0.25, -0.2) is 0 Å². The van der Waals surface area contributed by atoms with Crippen molar-refractivity contribution in [3.8, 4) is 33.8 Å². The van der Waals surface area contributed by atoms with Gasteiger partial charge >= 0.3 is 0 Å². The number of benzene rings is 4. The van der Waals surface area contributed by atoms with E-state index in [4.69, 9.17) is 14.2 Å². The summed E-state index contributed by atoms with van der Waals surface area (Å²) in [4.78, 5) is 0. The van der Waals surface area contributed by atoms with Crippen LogP contribution in [0.1, 0.15) is 11.1 Å². The molecule has 0 spiro atoms. The second-order valence-electron chi connectivity index (χ2n) is 8.12. The van der Waals surface area contributed by atoms with Gasteiger partial charge in [-0.1, -0.05) is 42.5 Å². The fourth-order valence-electron chi connectivity index (χ4n) is 4.21. The molecule has 4 aromatic rings. The molecule has 0 saturated carbocycles. The van der Waals surface area contributed by atoms with Gasteiger partial charge in [0, 0.05) is 0 Å². The summed E-state index contributed by atoms with van der Waals surface area (Å²) in [5, 5.41) is 2.52. The van der Waals surface area contributed by atoms with Crippen LogP contribution in [-0.2, 0) is 4.74 Å². The zero-order chi connectivity index (χ0) is 21.4. The first-order valence-electron chi connectivity index (χ1n) is 10.7. The summed E-state index contributed by atoms with van der Waals surface area (Å²) in [5.74, 6) is 1.78. The lowest BCUT2D eigenvalue weighted by Gasteiger charge is -2.18. The molecule has 1 aliphatic rings. The van der Waals surface area contributed by atoms with Crippen LogP contribution in [0.3, 0.4) is 0 Å². The molecule has 31 heavy (non-hydrogen) atoms. The van der Waals surface area contributed by atoms with Crippen LogP contribution >= 0.6 is 0 Å². The molecule has 1 saturated heterocycles. The molecule has 0 N–H and O–H groups in total. The van der Waals surface area contributed by atoms with E-state index >= 15 is 0 Å². The van der Waals surface area contributed by atoms with E-state index in [-0.39, 0.29) is 6.10 Å². The van der Waals surface area contributed by atoms with Crippen molar-refractivity contribution in [1.82, 2.24) is 0 Å². The Morgan fingerprint density at radius 1 is 0.903 bits per heavy atom. The molecule has 1 atom stereocenters. The van der Waals surface area contributed by atoms with Crippen molar-refractivity contribution in [3.05, 3.63) is 83.9 Å². The summed E-state index contributed by atoms with van der Waals surface area (Å²) in [6, 6.07) is 25.7. The molecule has 0 amide bonds. The van der Waals surface area contributed by atoms with Gasteiger partial charge in [-0.05, 0) is 88.3 Å². The van der Waals surface area contributed by atoms with E-state index in [0.29, 0.717) is 6.61 Å². The average molecular weight is 411 g/mol. The summed E-state index contributed by atoms with van der Waals surface area (Å²) in [6.45, 7) is 5.75. The van der Waals surface area contributed by atoms with Crippen LogP contribution in [0.4, 0.5) is 0 Å². The van der Waals surface area contributed by atoms with Crippen molar-refractivity contribution in [2.45, 2.75) is 20.0 Å². The van der Waals surface area contributed by atoms with Crippen molar-refractivity contribution >= 4 is 10.8 Å². The topological polar surface area (TPSA) is 31.0 Å². The van der Waals surface area contributed by atoms with Crippen LogP contribution in [0.15, 0.2) is 72.8 Å². The molecule has 0 radical (unpaired) electrons. The van der Waals surface area contributed by atoms with E-state index in [1.807, 2.05) is 12.1 Å². The fraction of sp³-hybridized carbons (Fsp3) is 0.214. The van der Waals surface area contributed by atoms with Crippen molar-refractivity contribution in [2.75, 3.05) is 20.3 Å². The average Bonchev–Trinajstić information content (AvgIpc) is 3.63. The van der Waals surface area contributed by atoms with Gasteiger partial charge in [0.2, 0.25) is 0 Å². The fourth-order valence-corrected chi connectivity index (χ4v) is 4.21. The van der Waals surface area contributed by atoms with Crippen LogP contribution in [-0.4, -0.2) is 26.4 Å². The molecule has 156 valence electrons. The molecule has 0 bridgehead atoms. The Morgan fingerprint density at radius 3 is 2.35 bits per heavy atom. The predicted octanol–water partition coefficient (Wildman–Crippen LogP) is 6.58. The van der Waals surface area contributed by atoms with Crippen molar-refractivity contribution in [3.63, 3.8) is 0 Å². The van der Waals surface area contributed by atoms with Crippen LogP contribution in [0.2, 0.25) is 0 Å². The number of hydrogen-bond donors (Lipinski definition) is 0. The molecule has 4 aromatic carbocycles. The standard InChI is InChI=1S/C28H26O3/c1-18-14-22(10-13-27(18)31-17-24-16-30-24)28-19(2)25-7-5-4-6-21(25)15-26(28)20-8-11-23(29-3)12-9-20/h4-15,24H,16-17H2,1-3H3. The third-order valence-corrected chi connectivity index (χ3v) is 6.00. The zero-order valence-corrected chi connectivity index (χ0v) is 18.1. The van der Waals surface area contributed by atoms with Crippen LogP contribution in [0.5, 0.6) is 11.5 Å². The van der Waals surface area contributed by atoms with Gasteiger partial charge < -0.3 is 14.2 Å². The largest absolute Gasteiger partial charge is 0.497 e. The maximum Gasteiger partial charge on any atom is 0.122 e. The number of rotatable bonds is 6. The van der Waals surface area contributed by atoms with E-state index in [1.165, 1.54) is 38.6 Å². The lowest BCUT2D eigenvalue weighted by molar-refractivity contribution is 0.262. The van der Waals surface area contributed by atoms with Gasteiger partial charge in [0.05, 0.1) is 13.7 Å². The van der Waals surface area contributed by atoms with Crippen molar-refractivity contribution in [1.29, 1.82) is 0 Å². The van der Waals surface area contributed by atoms with Gasteiger partial charge in [0.15, 0.2) is 0 Å². The SMILES string of the molecule is COc1ccc(-c2cc3ccccc3c(C)c2-c2ccc(OCC3CO3)c(C)c2)cc1. The Hall–Kier alpha value is -3.30. The Balaban J connectivity index is 1.65. The Bertz CT molecular complexity index is 1240. The first-order valence-corrected chi connectivity index (χ1v) is 10.7. The van der Waals surface area contributed by atoms with Gasteiger partial charge in [-0.2, -0.15) is 0 Å². The van der Waals surface area contributed by atoms with E-state index in [9.17, 15) is 0 Å². The molecule has 0 aliphatic carbocycles. The number of fused-ring (bicyclic) bond motifs is 1. The highest BCUT2D eigenvalue weighted by Crippen LogP contribution is 2.40. The third kappa shape index (κ3) is 3.89. The molecular weight excluding hydrogens is 384 g/mol. The van der Waals surface area contributed by atoms with Crippen molar-refractivity contribution in [2.24, 2.45) is 0 Å². The monoisotopic (exact) mass is 410 g/mol. The number of methoxy groups -OCH3 is 1. The lowest BCUT2D eigenvalue weighted by atomic mass is 9.87. The number of aryl methyl sites for hydroxylation is 2. The van der Waals surface area contributed by atoms with Gasteiger partial charge in [-0.15, -0.1) is 0 Å². The maximum absolute atomic E-state index is 5.95. The number of ether oxygens (including phenoxy) is 3. The Morgan fingerprint density at radius 2 is 1.65 bits per heavy atom. The predicted molar refractivity (Wildman–Crippen MR) is 126 cm³/mol. The molecule has 3 nitrogen and oxygen atoms in total. The number of hydrogen-bond acceptors (Lipinski definition) is 3. The second-order valence-corrected chi connectivity index (χ2v) is 8.12. The first-order chi connectivity index (χ1) is 15.1. The molecule has 1 unspecified atom stereocenters. The lowest BCUT2D eigenvalue weighted by Crippen LogP contribution is -2.05. The van der Waals surface area contributed by atoms with Crippen LogP contribution in [0, 0.1) is 13.8 Å². The Labute approximate surface area is 183 Å². The van der Waals surface area contributed by atoms with Gasteiger partial charge in [-0.3, -0.25) is 0 Å². The minimum Gasteiger partial charge on any atom is -0.497 e. The highest BCUT2D eigenvalue weighted by molar-refractivity contribution is 6.00. The molecule has 3 heteroatoms. The molecular formula is C28H26O3. The molecule has 5 rings (SSSR count). The highest BCUT2D eigenvalue weighted by atomic mass is 16.6. The van der Waals surface area contributed by atoms with Gasteiger partial charge in [0.1, 0.15) is 24.2 Å². The summed E-state index contributed by atoms with van der Waals surface area (Å²) in [5.41, 5.74) is 7.26. The smallest absolute Gasteiger partial charge is 0.122 e. The minimum absolute atomic E-state index is 0.253. The summed E-state index contributed by atoms with van der Waals surface area (Å²) < 4.78 is 16.6. The van der Waals surface area contributed by atoms with Crippen molar-refractivity contribution < 1.29 is 14.2 Å². The second kappa shape index (κ2) is 8.09. The first kappa shape index (κ1) is 19.7. The maximum atomic E-state index is 5.95. The quantitative estimate of drug-likeness (QED) is 0.337. The van der Waals surface area contributed by atoms with Crippen LogP contribution in [0.25, 0.3) is 33.0 Å². The zero-order valence-electron chi connectivity index (χ0n) is 18.1. The molecule has 1 aliphatic heterocycles. The molecule has 0 aromatic heterocycles.